The Kier molecular flexibility index (Phi) is 2.63. The second-order valence-electron chi connectivity index (χ2n) is 6.41. The quantitative estimate of drug-likeness (QED) is 0.621. The molecule has 1 aliphatic heterocycles. The minimum absolute atomic E-state index is 0.543. The summed E-state index contributed by atoms with van der Waals surface area (Å²) < 4.78 is 0. The van der Waals surface area contributed by atoms with Crippen LogP contribution in [0.15, 0.2) is 0 Å². The van der Waals surface area contributed by atoms with Crippen molar-refractivity contribution in [3.8, 4) is 0 Å². The fourth-order valence-electron chi connectivity index (χ4n) is 3.36. The van der Waals surface area contributed by atoms with Gasteiger partial charge in [0.2, 0.25) is 0 Å². The van der Waals surface area contributed by atoms with Gasteiger partial charge in [0.25, 0.3) is 0 Å². The highest BCUT2D eigenvalue weighted by Crippen LogP contribution is 2.48. The van der Waals surface area contributed by atoms with E-state index in [1.165, 1.54) is 32.5 Å². The van der Waals surface area contributed by atoms with E-state index in [9.17, 15) is 0 Å². The molecule has 2 atom stereocenters. The number of hydrogen-bond acceptors (Lipinski definition) is 1. The molecule has 0 radical (unpaired) electrons. The average Bonchev–Trinajstić information content (AvgIpc) is 2.56. The molecule has 14 heavy (non-hydrogen) atoms. The Labute approximate surface area is 88.9 Å². The van der Waals surface area contributed by atoms with Crippen LogP contribution in [0.2, 0.25) is 0 Å². The molecule has 0 spiro atoms. The van der Waals surface area contributed by atoms with Gasteiger partial charge in [0.05, 0.1) is 0 Å². The molecule has 2 unspecified atom stereocenters. The van der Waals surface area contributed by atoms with Crippen molar-refractivity contribution >= 4 is 0 Å². The first-order valence-corrected chi connectivity index (χ1v) is 6.23. The van der Waals surface area contributed by atoms with E-state index in [1.807, 2.05) is 0 Å². The van der Waals surface area contributed by atoms with Crippen molar-refractivity contribution in [2.75, 3.05) is 19.6 Å². The SMILES string of the molecule is CCN1CC2CC(C(C)(C)C)CC2C1. The summed E-state index contributed by atoms with van der Waals surface area (Å²) in [6, 6.07) is 0. The second kappa shape index (κ2) is 3.52. The molecule has 0 bridgehead atoms. The third-order valence-electron chi connectivity index (χ3n) is 4.50. The van der Waals surface area contributed by atoms with Gasteiger partial charge in [-0.05, 0) is 42.6 Å². The van der Waals surface area contributed by atoms with Crippen molar-refractivity contribution in [1.82, 2.24) is 4.90 Å². The molecule has 2 aliphatic rings. The van der Waals surface area contributed by atoms with Crippen molar-refractivity contribution in [2.45, 2.75) is 40.5 Å². The maximum atomic E-state index is 2.63. The van der Waals surface area contributed by atoms with E-state index in [0.29, 0.717) is 5.41 Å². The number of likely N-dealkylation sites (tertiary alicyclic amines) is 1. The Hall–Kier alpha value is -0.0400. The second-order valence-corrected chi connectivity index (χ2v) is 6.41. The summed E-state index contributed by atoms with van der Waals surface area (Å²) >= 11 is 0. The van der Waals surface area contributed by atoms with Crippen LogP contribution < -0.4 is 0 Å². The molecule has 0 amide bonds. The van der Waals surface area contributed by atoms with E-state index in [2.05, 4.69) is 32.6 Å². The van der Waals surface area contributed by atoms with Crippen molar-refractivity contribution in [3.05, 3.63) is 0 Å². The zero-order valence-corrected chi connectivity index (χ0v) is 10.2. The molecule has 1 heterocycles. The van der Waals surface area contributed by atoms with Crippen LogP contribution >= 0.6 is 0 Å². The molecular weight excluding hydrogens is 170 g/mol. The smallest absolute Gasteiger partial charge is 0.00129 e. The monoisotopic (exact) mass is 195 g/mol. The van der Waals surface area contributed by atoms with Gasteiger partial charge in [0.1, 0.15) is 0 Å². The average molecular weight is 195 g/mol. The van der Waals surface area contributed by atoms with E-state index < -0.39 is 0 Å². The van der Waals surface area contributed by atoms with Gasteiger partial charge in [-0.15, -0.1) is 0 Å². The molecular formula is C13H25N. The molecule has 0 N–H and O–H groups in total. The van der Waals surface area contributed by atoms with E-state index in [1.54, 1.807) is 0 Å². The molecule has 1 nitrogen and oxygen atoms in total. The summed E-state index contributed by atoms with van der Waals surface area (Å²) in [6.07, 6.45) is 2.98. The van der Waals surface area contributed by atoms with Gasteiger partial charge in [0.15, 0.2) is 0 Å². The summed E-state index contributed by atoms with van der Waals surface area (Å²) in [4.78, 5) is 2.63. The van der Waals surface area contributed by atoms with Crippen LogP contribution in [0.25, 0.3) is 0 Å². The van der Waals surface area contributed by atoms with Crippen molar-refractivity contribution in [2.24, 2.45) is 23.2 Å². The van der Waals surface area contributed by atoms with Gasteiger partial charge in [-0.2, -0.15) is 0 Å². The summed E-state index contributed by atoms with van der Waals surface area (Å²) in [5.41, 5.74) is 0.543. The van der Waals surface area contributed by atoms with Crippen LogP contribution in [0.4, 0.5) is 0 Å². The Bertz CT molecular complexity index is 190. The van der Waals surface area contributed by atoms with E-state index in [4.69, 9.17) is 0 Å². The lowest BCUT2D eigenvalue weighted by Gasteiger charge is -2.28. The number of fused-ring (bicyclic) bond motifs is 1. The van der Waals surface area contributed by atoms with Gasteiger partial charge in [-0.25, -0.2) is 0 Å². The summed E-state index contributed by atoms with van der Waals surface area (Å²) in [5, 5.41) is 0. The lowest BCUT2D eigenvalue weighted by atomic mass is 9.79. The highest BCUT2D eigenvalue weighted by molar-refractivity contribution is 4.95. The number of hydrogen-bond donors (Lipinski definition) is 0. The third-order valence-corrected chi connectivity index (χ3v) is 4.50. The first kappa shape index (κ1) is 10.5. The molecule has 1 heteroatoms. The number of nitrogens with zero attached hydrogens (tertiary/aromatic N) is 1. The largest absolute Gasteiger partial charge is 0.303 e. The molecule has 2 rings (SSSR count). The predicted octanol–water partition coefficient (Wildman–Crippen LogP) is 3.01. The topological polar surface area (TPSA) is 3.24 Å². The maximum absolute atomic E-state index is 2.63. The molecule has 2 fully saturated rings. The maximum Gasteiger partial charge on any atom is 0.00129 e. The molecule has 1 saturated carbocycles. The Morgan fingerprint density at radius 2 is 1.57 bits per heavy atom. The predicted molar refractivity (Wildman–Crippen MR) is 61.3 cm³/mol. The zero-order valence-electron chi connectivity index (χ0n) is 10.2. The lowest BCUT2D eigenvalue weighted by molar-refractivity contribution is 0.214. The van der Waals surface area contributed by atoms with Crippen molar-refractivity contribution in [1.29, 1.82) is 0 Å². The van der Waals surface area contributed by atoms with E-state index in [0.717, 1.165) is 17.8 Å². The molecule has 0 aromatic rings. The highest BCUT2D eigenvalue weighted by atomic mass is 15.1. The normalized spacial score (nSPS) is 39.0. The van der Waals surface area contributed by atoms with Gasteiger partial charge in [-0.3, -0.25) is 0 Å². The molecule has 0 aromatic heterocycles. The van der Waals surface area contributed by atoms with Crippen LogP contribution in [0.1, 0.15) is 40.5 Å². The summed E-state index contributed by atoms with van der Waals surface area (Å²) in [5.74, 6) is 3.04. The highest BCUT2D eigenvalue weighted by Gasteiger charge is 2.43. The number of rotatable bonds is 1. The Morgan fingerprint density at radius 3 is 1.93 bits per heavy atom. The Balaban J connectivity index is 1.94. The molecule has 82 valence electrons. The summed E-state index contributed by atoms with van der Waals surface area (Å²) in [7, 11) is 0. The van der Waals surface area contributed by atoms with Crippen LogP contribution in [0.5, 0.6) is 0 Å². The first-order chi connectivity index (χ1) is 6.50. The molecule has 0 aromatic carbocycles. The van der Waals surface area contributed by atoms with E-state index >= 15 is 0 Å². The van der Waals surface area contributed by atoms with Gasteiger partial charge < -0.3 is 4.90 Å². The third kappa shape index (κ3) is 1.84. The molecule has 1 saturated heterocycles. The van der Waals surface area contributed by atoms with Crippen molar-refractivity contribution < 1.29 is 0 Å². The van der Waals surface area contributed by atoms with Gasteiger partial charge in [-0.1, -0.05) is 27.7 Å². The fourth-order valence-corrected chi connectivity index (χ4v) is 3.36. The van der Waals surface area contributed by atoms with Crippen LogP contribution in [0.3, 0.4) is 0 Å². The van der Waals surface area contributed by atoms with Gasteiger partial charge in [0, 0.05) is 13.1 Å². The first-order valence-electron chi connectivity index (χ1n) is 6.23. The van der Waals surface area contributed by atoms with Crippen molar-refractivity contribution in [3.63, 3.8) is 0 Å². The summed E-state index contributed by atoms with van der Waals surface area (Å²) in [6.45, 7) is 13.6. The zero-order chi connectivity index (χ0) is 10.3. The fraction of sp³-hybridized carbons (Fsp3) is 1.00. The minimum Gasteiger partial charge on any atom is -0.303 e. The van der Waals surface area contributed by atoms with E-state index in [-0.39, 0.29) is 0 Å². The Morgan fingerprint density at radius 1 is 1.07 bits per heavy atom. The minimum atomic E-state index is 0.543. The van der Waals surface area contributed by atoms with Crippen LogP contribution in [-0.2, 0) is 0 Å². The lowest BCUT2D eigenvalue weighted by Crippen LogP contribution is -2.24. The van der Waals surface area contributed by atoms with Crippen LogP contribution in [0, 0.1) is 23.2 Å². The van der Waals surface area contributed by atoms with Crippen LogP contribution in [-0.4, -0.2) is 24.5 Å². The standard InChI is InChI=1S/C13H25N/c1-5-14-8-10-6-12(13(2,3)4)7-11(10)9-14/h10-12H,5-9H2,1-4H3. The van der Waals surface area contributed by atoms with Gasteiger partial charge >= 0.3 is 0 Å². The molecule has 1 aliphatic carbocycles.